The molecule has 2 aromatic carbocycles. The van der Waals surface area contributed by atoms with Gasteiger partial charge in [0.25, 0.3) is 0 Å². The Morgan fingerprint density at radius 1 is 0.875 bits per heavy atom. The van der Waals surface area contributed by atoms with E-state index in [0.29, 0.717) is 0 Å². The zero-order valence-electron chi connectivity index (χ0n) is 14.1. The minimum absolute atomic E-state index is 0.206. The number of hydrogen-bond acceptors (Lipinski definition) is 2. The molecule has 1 heterocycles. The predicted octanol–water partition coefficient (Wildman–Crippen LogP) is 5.48. The van der Waals surface area contributed by atoms with Crippen LogP contribution in [0.3, 0.4) is 0 Å². The molecule has 2 heteroatoms. The summed E-state index contributed by atoms with van der Waals surface area (Å²) >= 11 is 0. The topological polar surface area (TPSA) is 33.4 Å². The van der Waals surface area contributed by atoms with Gasteiger partial charge in [-0.1, -0.05) is 37.1 Å². The average molecular weight is 320 g/mol. The number of fused-ring (bicyclic) bond motifs is 5. The summed E-state index contributed by atoms with van der Waals surface area (Å²) in [5, 5.41) is 14.4. The van der Waals surface area contributed by atoms with Crippen LogP contribution in [0, 0.1) is 0 Å². The first-order chi connectivity index (χ1) is 11.8. The summed E-state index contributed by atoms with van der Waals surface area (Å²) < 4.78 is 6.31. The van der Waals surface area contributed by atoms with Gasteiger partial charge in [0.05, 0.1) is 6.10 Å². The highest BCUT2D eigenvalue weighted by Crippen LogP contribution is 2.42. The third-order valence-electron chi connectivity index (χ3n) is 6.12. The van der Waals surface area contributed by atoms with Crippen LogP contribution in [0.5, 0.6) is 0 Å². The molecular formula is C22H24O2. The maximum Gasteiger partial charge on any atom is 0.142 e. The van der Waals surface area contributed by atoms with Crippen LogP contribution in [0.1, 0.15) is 61.3 Å². The lowest BCUT2D eigenvalue weighted by atomic mass is 9.79. The van der Waals surface area contributed by atoms with E-state index in [0.717, 1.165) is 37.7 Å². The molecule has 1 N–H and O–H groups in total. The molecule has 0 aliphatic heterocycles. The highest BCUT2D eigenvalue weighted by Gasteiger charge is 2.28. The van der Waals surface area contributed by atoms with E-state index < -0.39 is 0 Å². The molecule has 0 radical (unpaired) electrons. The van der Waals surface area contributed by atoms with Gasteiger partial charge >= 0.3 is 0 Å². The van der Waals surface area contributed by atoms with Gasteiger partial charge in [-0.2, -0.15) is 0 Å². The van der Waals surface area contributed by atoms with Crippen LogP contribution in [0.4, 0.5) is 0 Å². The van der Waals surface area contributed by atoms with Crippen molar-refractivity contribution in [3.63, 3.8) is 0 Å². The molecule has 1 saturated carbocycles. The molecule has 24 heavy (non-hydrogen) atoms. The number of aliphatic hydroxyl groups is 1. The van der Waals surface area contributed by atoms with Gasteiger partial charge in [0, 0.05) is 28.7 Å². The van der Waals surface area contributed by atoms with Gasteiger partial charge in [-0.3, -0.25) is 0 Å². The Kier molecular flexibility index (Phi) is 3.41. The standard InChI is InChI=1S/C22H24O2/c23-20-11-5-3-8-15(20)18-13-19-16-9-4-6-12-21(16)24-22(19)17-10-2-1-7-14(17)18/h1-2,7,10,13,15,20,23H,3-6,8-9,11-12H2. The summed E-state index contributed by atoms with van der Waals surface area (Å²) in [7, 11) is 0. The first-order valence-electron chi connectivity index (χ1n) is 9.47. The van der Waals surface area contributed by atoms with Gasteiger partial charge in [0.1, 0.15) is 11.3 Å². The Balaban J connectivity index is 1.81. The van der Waals surface area contributed by atoms with Gasteiger partial charge < -0.3 is 9.52 Å². The van der Waals surface area contributed by atoms with Crippen molar-refractivity contribution >= 4 is 21.7 Å². The Hall–Kier alpha value is -1.80. The van der Waals surface area contributed by atoms with Crippen molar-refractivity contribution in [3.8, 4) is 0 Å². The molecule has 3 aromatic rings. The van der Waals surface area contributed by atoms with Crippen LogP contribution < -0.4 is 0 Å². The third-order valence-corrected chi connectivity index (χ3v) is 6.12. The van der Waals surface area contributed by atoms with Gasteiger partial charge in [-0.25, -0.2) is 0 Å². The van der Waals surface area contributed by atoms with E-state index in [4.69, 9.17) is 4.42 Å². The molecule has 2 nitrogen and oxygen atoms in total. The monoisotopic (exact) mass is 320 g/mol. The van der Waals surface area contributed by atoms with Crippen LogP contribution in [-0.2, 0) is 12.8 Å². The first kappa shape index (κ1) is 14.5. The number of aryl methyl sites for hydroxylation is 2. The van der Waals surface area contributed by atoms with Gasteiger partial charge in [0.2, 0.25) is 0 Å². The molecule has 0 spiro atoms. The van der Waals surface area contributed by atoms with E-state index in [1.807, 2.05) is 0 Å². The summed E-state index contributed by atoms with van der Waals surface area (Å²) in [5.41, 5.74) is 3.82. The fraction of sp³-hybridized carbons (Fsp3) is 0.455. The van der Waals surface area contributed by atoms with Crippen molar-refractivity contribution in [2.45, 2.75) is 63.4 Å². The molecule has 2 unspecified atom stereocenters. The van der Waals surface area contributed by atoms with E-state index in [1.54, 1.807) is 0 Å². The van der Waals surface area contributed by atoms with Crippen molar-refractivity contribution in [1.82, 2.24) is 0 Å². The molecule has 2 aliphatic carbocycles. The number of furan rings is 1. The Bertz CT molecular complexity index is 905. The Morgan fingerprint density at radius 2 is 1.67 bits per heavy atom. The first-order valence-corrected chi connectivity index (χ1v) is 9.47. The normalized spacial score (nSPS) is 24.4. The maximum absolute atomic E-state index is 10.6. The van der Waals surface area contributed by atoms with Crippen molar-refractivity contribution in [3.05, 3.63) is 47.2 Å². The Morgan fingerprint density at radius 3 is 2.54 bits per heavy atom. The number of benzene rings is 2. The second kappa shape index (κ2) is 5.63. The highest BCUT2D eigenvalue weighted by atomic mass is 16.3. The minimum atomic E-state index is -0.206. The van der Waals surface area contributed by atoms with Crippen molar-refractivity contribution in [2.24, 2.45) is 0 Å². The zero-order chi connectivity index (χ0) is 16.1. The van der Waals surface area contributed by atoms with Gasteiger partial charge in [-0.15, -0.1) is 0 Å². The molecule has 1 fully saturated rings. The molecule has 5 rings (SSSR count). The lowest BCUT2D eigenvalue weighted by Gasteiger charge is -2.29. The summed E-state index contributed by atoms with van der Waals surface area (Å²) in [6.07, 6.45) is 8.89. The van der Waals surface area contributed by atoms with E-state index in [9.17, 15) is 5.11 Å². The van der Waals surface area contributed by atoms with Crippen molar-refractivity contribution in [2.75, 3.05) is 0 Å². The lowest BCUT2D eigenvalue weighted by Crippen LogP contribution is -2.22. The number of hydrogen-bond donors (Lipinski definition) is 1. The summed E-state index contributed by atoms with van der Waals surface area (Å²) in [6, 6.07) is 10.9. The maximum atomic E-state index is 10.6. The van der Waals surface area contributed by atoms with E-state index in [2.05, 4.69) is 30.3 Å². The van der Waals surface area contributed by atoms with Crippen molar-refractivity contribution < 1.29 is 9.52 Å². The molecular weight excluding hydrogens is 296 g/mol. The second-order valence-electron chi connectivity index (χ2n) is 7.56. The summed E-state index contributed by atoms with van der Waals surface area (Å²) in [4.78, 5) is 0. The molecule has 2 aliphatic rings. The lowest BCUT2D eigenvalue weighted by molar-refractivity contribution is 0.107. The van der Waals surface area contributed by atoms with Gasteiger partial charge in [0.15, 0.2) is 0 Å². The molecule has 124 valence electrons. The average Bonchev–Trinajstić information content (AvgIpc) is 3.01. The zero-order valence-corrected chi connectivity index (χ0v) is 14.1. The van der Waals surface area contributed by atoms with Crippen LogP contribution >= 0.6 is 0 Å². The molecule has 0 bridgehead atoms. The molecule has 0 saturated heterocycles. The van der Waals surface area contributed by atoms with Crippen LogP contribution in [0.15, 0.2) is 34.7 Å². The van der Waals surface area contributed by atoms with Crippen molar-refractivity contribution in [1.29, 1.82) is 0 Å². The Labute approximate surface area is 142 Å². The summed E-state index contributed by atoms with van der Waals surface area (Å²) in [6.45, 7) is 0. The third kappa shape index (κ3) is 2.12. The molecule has 1 aromatic heterocycles. The fourth-order valence-corrected chi connectivity index (χ4v) is 4.89. The SMILES string of the molecule is OC1CCCCC1c1cc2c3c(oc2c2ccccc12)CCCC3. The van der Waals surface area contributed by atoms with Crippen LogP contribution in [0.2, 0.25) is 0 Å². The summed E-state index contributed by atoms with van der Waals surface area (Å²) in [5.74, 6) is 1.46. The van der Waals surface area contributed by atoms with E-state index in [-0.39, 0.29) is 12.0 Å². The van der Waals surface area contributed by atoms with Gasteiger partial charge in [-0.05, 0) is 49.1 Å². The fourth-order valence-electron chi connectivity index (χ4n) is 4.89. The number of rotatable bonds is 1. The van der Waals surface area contributed by atoms with Crippen LogP contribution in [-0.4, -0.2) is 11.2 Å². The molecule has 0 amide bonds. The molecule has 2 atom stereocenters. The van der Waals surface area contributed by atoms with Crippen LogP contribution in [0.25, 0.3) is 21.7 Å². The van der Waals surface area contributed by atoms with E-state index in [1.165, 1.54) is 52.3 Å². The smallest absolute Gasteiger partial charge is 0.142 e. The number of aliphatic hydroxyl groups excluding tert-OH is 1. The largest absolute Gasteiger partial charge is 0.460 e. The second-order valence-corrected chi connectivity index (χ2v) is 7.56. The quantitative estimate of drug-likeness (QED) is 0.644. The highest BCUT2D eigenvalue weighted by molar-refractivity contribution is 6.07. The van der Waals surface area contributed by atoms with E-state index >= 15 is 0 Å². The minimum Gasteiger partial charge on any atom is -0.460 e. The predicted molar refractivity (Wildman–Crippen MR) is 97.6 cm³/mol.